The quantitative estimate of drug-likeness (QED) is 0.898. The molecule has 1 aliphatic carbocycles. The number of likely N-dealkylation sites (N-methyl/N-ethyl adjacent to an activating group) is 1. The van der Waals surface area contributed by atoms with Gasteiger partial charge < -0.3 is 4.90 Å². The molecule has 1 aliphatic rings. The molecule has 1 N–H and O–H groups in total. The largest absolute Gasteiger partial charge is 0.391 e. The smallest absolute Gasteiger partial charge is 0.345 e. The lowest BCUT2D eigenvalue weighted by atomic mass is 9.80. The monoisotopic (exact) mass is 333 g/mol. The maximum absolute atomic E-state index is 12.6. The van der Waals surface area contributed by atoms with Crippen LogP contribution in [0.2, 0.25) is 0 Å². The summed E-state index contributed by atoms with van der Waals surface area (Å²) in [6.45, 7) is 2.35. The second-order valence-corrected chi connectivity index (χ2v) is 6.41. The van der Waals surface area contributed by atoms with E-state index in [0.29, 0.717) is 31.6 Å². The molecule has 0 bridgehead atoms. The van der Waals surface area contributed by atoms with Crippen LogP contribution in [0.4, 0.5) is 13.2 Å². The summed E-state index contributed by atoms with van der Waals surface area (Å²) in [5.41, 5.74) is 0. The molecule has 23 heavy (non-hydrogen) atoms. The lowest BCUT2D eigenvalue weighted by molar-refractivity contribution is -0.184. The Hall–Kier alpha value is -1.67. The number of amides is 1. The molecule has 1 heterocycles. The average Bonchev–Trinajstić information content (AvgIpc) is 3.01. The molecule has 1 saturated carbocycles. The van der Waals surface area contributed by atoms with Gasteiger partial charge in [0, 0.05) is 25.9 Å². The van der Waals surface area contributed by atoms with Crippen LogP contribution in [0.1, 0.15) is 50.8 Å². The van der Waals surface area contributed by atoms with Crippen molar-refractivity contribution in [2.75, 3.05) is 13.6 Å². The van der Waals surface area contributed by atoms with Crippen molar-refractivity contribution in [1.29, 1.82) is 0 Å². The first kappa shape index (κ1) is 17.7. The lowest BCUT2D eigenvalue weighted by Gasteiger charge is -2.30. The van der Waals surface area contributed by atoms with E-state index in [1.807, 2.05) is 6.92 Å². The van der Waals surface area contributed by atoms with Gasteiger partial charge in [-0.05, 0) is 31.6 Å². The molecule has 0 unspecified atom stereocenters. The van der Waals surface area contributed by atoms with E-state index in [0.717, 1.165) is 0 Å². The standard InChI is InChI=1S/C14H22F3N5O/c1-9(13-18-20-21-19-13)8-22(2)12(23)7-10-3-5-11(6-4-10)14(15,16)17/h9-11H,3-8H2,1-2H3,(H,18,19,20,21)/t9-,10?,11?/m1/s1. The number of aromatic nitrogens is 4. The first-order valence-electron chi connectivity index (χ1n) is 7.81. The number of nitrogens with zero attached hydrogens (tertiary/aromatic N) is 4. The van der Waals surface area contributed by atoms with Crippen LogP contribution in [0.15, 0.2) is 0 Å². The van der Waals surface area contributed by atoms with Crippen LogP contribution in [0.5, 0.6) is 0 Å². The third-order valence-corrected chi connectivity index (χ3v) is 4.55. The van der Waals surface area contributed by atoms with Crippen LogP contribution in [0, 0.1) is 11.8 Å². The molecular weight excluding hydrogens is 311 g/mol. The predicted molar refractivity (Wildman–Crippen MR) is 76.3 cm³/mol. The van der Waals surface area contributed by atoms with E-state index >= 15 is 0 Å². The number of tetrazole rings is 1. The Bertz CT molecular complexity index is 497. The number of hydrogen-bond acceptors (Lipinski definition) is 4. The zero-order chi connectivity index (χ0) is 17.0. The molecule has 0 saturated heterocycles. The minimum Gasteiger partial charge on any atom is -0.345 e. The molecule has 130 valence electrons. The molecule has 0 radical (unpaired) electrons. The number of carbonyl (C=O) groups excluding carboxylic acids is 1. The van der Waals surface area contributed by atoms with E-state index in [-0.39, 0.29) is 30.6 Å². The lowest BCUT2D eigenvalue weighted by Crippen LogP contribution is -2.34. The van der Waals surface area contributed by atoms with Crippen LogP contribution in [0.3, 0.4) is 0 Å². The van der Waals surface area contributed by atoms with E-state index in [1.165, 1.54) is 0 Å². The number of alkyl halides is 3. The van der Waals surface area contributed by atoms with Crippen molar-refractivity contribution >= 4 is 5.91 Å². The van der Waals surface area contributed by atoms with Crippen molar-refractivity contribution in [2.24, 2.45) is 11.8 Å². The van der Waals surface area contributed by atoms with E-state index in [2.05, 4.69) is 20.6 Å². The highest BCUT2D eigenvalue weighted by Gasteiger charge is 2.41. The molecule has 1 aromatic heterocycles. The molecule has 1 fully saturated rings. The summed E-state index contributed by atoms with van der Waals surface area (Å²) in [6.07, 6.45) is -2.62. The van der Waals surface area contributed by atoms with Crippen LogP contribution in [-0.2, 0) is 4.79 Å². The van der Waals surface area contributed by atoms with Crippen molar-refractivity contribution in [3.05, 3.63) is 5.82 Å². The Labute approximate surface area is 132 Å². The highest BCUT2D eigenvalue weighted by molar-refractivity contribution is 5.76. The number of H-pyrrole nitrogens is 1. The number of hydrogen-bond donors (Lipinski definition) is 1. The van der Waals surface area contributed by atoms with Gasteiger partial charge in [0.15, 0.2) is 5.82 Å². The summed E-state index contributed by atoms with van der Waals surface area (Å²) in [5.74, 6) is -0.719. The maximum Gasteiger partial charge on any atom is 0.391 e. The number of halogens is 3. The first-order chi connectivity index (χ1) is 10.8. The Morgan fingerprint density at radius 3 is 2.52 bits per heavy atom. The van der Waals surface area contributed by atoms with Gasteiger partial charge in [0.05, 0.1) is 5.92 Å². The van der Waals surface area contributed by atoms with Crippen molar-refractivity contribution in [3.63, 3.8) is 0 Å². The SMILES string of the molecule is C[C@H](CN(C)C(=O)CC1CCC(C(F)(F)F)CC1)c1nn[nH]n1. The minimum atomic E-state index is -4.11. The minimum absolute atomic E-state index is 0.0454. The average molecular weight is 333 g/mol. The van der Waals surface area contributed by atoms with Crippen LogP contribution >= 0.6 is 0 Å². The molecule has 0 aliphatic heterocycles. The molecule has 0 aromatic carbocycles. The van der Waals surface area contributed by atoms with Gasteiger partial charge in [0.1, 0.15) is 0 Å². The van der Waals surface area contributed by atoms with Gasteiger partial charge in [-0.3, -0.25) is 4.79 Å². The van der Waals surface area contributed by atoms with E-state index in [1.54, 1.807) is 11.9 Å². The van der Waals surface area contributed by atoms with Crippen molar-refractivity contribution in [3.8, 4) is 0 Å². The molecule has 1 aromatic rings. The maximum atomic E-state index is 12.6. The molecule has 1 amide bonds. The summed E-state index contributed by atoms with van der Waals surface area (Å²) in [5, 5.41) is 13.6. The summed E-state index contributed by atoms with van der Waals surface area (Å²) >= 11 is 0. The zero-order valence-electron chi connectivity index (χ0n) is 13.3. The van der Waals surface area contributed by atoms with Gasteiger partial charge in [0.25, 0.3) is 0 Å². The van der Waals surface area contributed by atoms with E-state index < -0.39 is 12.1 Å². The van der Waals surface area contributed by atoms with E-state index in [9.17, 15) is 18.0 Å². The van der Waals surface area contributed by atoms with Crippen LogP contribution in [-0.4, -0.2) is 51.2 Å². The first-order valence-corrected chi connectivity index (χ1v) is 7.81. The topological polar surface area (TPSA) is 74.8 Å². The van der Waals surface area contributed by atoms with E-state index in [4.69, 9.17) is 0 Å². The van der Waals surface area contributed by atoms with Crippen LogP contribution < -0.4 is 0 Å². The molecule has 9 heteroatoms. The zero-order valence-corrected chi connectivity index (χ0v) is 13.3. The van der Waals surface area contributed by atoms with Crippen molar-refractivity contribution in [1.82, 2.24) is 25.5 Å². The van der Waals surface area contributed by atoms with Gasteiger partial charge in [-0.2, -0.15) is 18.4 Å². The van der Waals surface area contributed by atoms with Crippen LogP contribution in [0.25, 0.3) is 0 Å². The fourth-order valence-corrected chi connectivity index (χ4v) is 3.07. The molecule has 0 spiro atoms. The van der Waals surface area contributed by atoms with Gasteiger partial charge in [0.2, 0.25) is 5.91 Å². The summed E-state index contributed by atoms with van der Waals surface area (Å²) in [7, 11) is 1.69. The summed E-state index contributed by atoms with van der Waals surface area (Å²) < 4.78 is 37.9. The van der Waals surface area contributed by atoms with Gasteiger partial charge in [-0.15, -0.1) is 10.2 Å². The van der Waals surface area contributed by atoms with Gasteiger partial charge >= 0.3 is 6.18 Å². The highest BCUT2D eigenvalue weighted by Crippen LogP contribution is 2.40. The fraction of sp³-hybridized carbons (Fsp3) is 0.857. The third kappa shape index (κ3) is 4.90. The molecule has 6 nitrogen and oxygen atoms in total. The Morgan fingerprint density at radius 1 is 1.35 bits per heavy atom. The van der Waals surface area contributed by atoms with Crippen molar-refractivity contribution < 1.29 is 18.0 Å². The number of carbonyl (C=O) groups is 1. The number of aromatic amines is 1. The van der Waals surface area contributed by atoms with Gasteiger partial charge in [-0.1, -0.05) is 12.1 Å². The Balaban J connectivity index is 1.76. The molecular formula is C14H22F3N5O. The highest BCUT2D eigenvalue weighted by atomic mass is 19.4. The fourth-order valence-electron chi connectivity index (χ4n) is 3.07. The number of rotatable bonds is 5. The molecule has 1 atom stereocenters. The van der Waals surface area contributed by atoms with Gasteiger partial charge in [-0.25, -0.2) is 0 Å². The van der Waals surface area contributed by atoms with Crippen molar-refractivity contribution in [2.45, 2.75) is 51.1 Å². The normalized spacial score (nSPS) is 23.5. The number of nitrogens with one attached hydrogen (secondary N) is 1. The Morgan fingerprint density at radius 2 is 2.00 bits per heavy atom. The Kier molecular flexibility index (Phi) is 5.59. The molecule has 2 rings (SSSR count). The summed E-state index contributed by atoms with van der Waals surface area (Å²) in [4.78, 5) is 13.8. The predicted octanol–water partition coefficient (Wildman–Crippen LogP) is 2.52. The second-order valence-electron chi connectivity index (χ2n) is 6.41. The third-order valence-electron chi connectivity index (χ3n) is 4.55. The second kappa shape index (κ2) is 7.27. The summed E-state index contributed by atoms with van der Waals surface area (Å²) in [6, 6.07) is 0.